The van der Waals surface area contributed by atoms with E-state index in [9.17, 15) is 22.8 Å². The highest BCUT2D eigenvalue weighted by atomic mass is 19.4. The summed E-state index contributed by atoms with van der Waals surface area (Å²) in [5.41, 5.74) is -2.77. The van der Waals surface area contributed by atoms with Crippen LogP contribution < -0.4 is 0 Å². The first-order chi connectivity index (χ1) is 9.60. The fourth-order valence-corrected chi connectivity index (χ4v) is 2.65. The number of rotatable bonds is 5. The Bertz CT molecular complexity index is 410. The predicted molar refractivity (Wildman–Crippen MR) is 69.7 cm³/mol. The lowest BCUT2D eigenvalue weighted by Gasteiger charge is -2.31. The van der Waals surface area contributed by atoms with Gasteiger partial charge in [-0.3, -0.25) is 14.5 Å². The molecule has 0 bridgehead atoms. The molecule has 0 saturated carbocycles. The monoisotopic (exact) mass is 310 g/mol. The molecule has 1 aliphatic rings. The molecular weight excluding hydrogens is 289 g/mol. The molecule has 1 saturated heterocycles. The van der Waals surface area contributed by atoms with E-state index in [-0.39, 0.29) is 12.5 Å². The Morgan fingerprint density at radius 1 is 1.33 bits per heavy atom. The van der Waals surface area contributed by atoms with Crippen molar-refractivity contribution in [2.45, 2.75) is 39.4 Å². The Hall–Kier alpha value is -1.31. The van der Waals surface area contributed by atoms with Crippen LogP contribution in [0.3, 0.4) is 0 Å². The quantitative estimate of drug-likeness (QED) is 0.837. The molecule has 1 fully saturated rings. The molecule has 1 amide bonds. The maximum atomic E-state index is 13.1. The average molecular weight is 310 g/mol. The fraction of sp³-hybridized carbons (Fsp3) is 0.846. The number of halogens is 3. The van der Waals surface area contributed by atoms with Crippen molar-refractivity contribution < 1.29 is 27.9 Å². The zero-order chi connectivity index (χ0) is 16.4. The number of hydrogen-bond acceptors (Lipinski definition) is 3. The van der Waals surface area contributed by atoms with E-state index in [0.717, 1.165) is 0 Å². The first kappa shape index (κ1) is 17.7. The van der Waals surface area contributed by atoms with Gasteiger partial charge in [0.15, 0.2) is 5.41 Å². The largest absolute Gasteiger partial charge is 0.481 e. The Balaban J connectivity index is 2.90. The van der Waals surface area contributed by atoms with Crippen molar-refractivity contribution in [1.29, 1.82) is 0 Å². The molecule has 5 nitrogen and oxygen atoms in total. The van der Waals surface area contributed by atoms with Crippen molar-refractivity contribution in [2.75, 3.05) is 26.2 Å². The van der Waals surface area contributed by atoms with E-state index in [2.05, 4.69) is 0 Å². The van der Waals surface area contributed by atoms with Crippen molar-refractivity contribution >= 4 is 11.9 Å². The van der Waals surface area contributed by atoms with Gasteiger partial charge in [0.05, 0.1) is 6.04 Å². The topological polar surface area (TPSA) is 60.9 Å². The molecule has 2 unspecified atom stereocenters. The van der Waals surface area contributed by atoms with E-state index in [4.69, 9.17) is 5.11 Å². The molecule has 1 aliphatic heterocycles. The number of nitrogens with zero attached hydrogens (tertiary/aromatic N) is 2. The standard InChI is InChI=1S/C13H21F3N2O3/c1-4-17(5-2)10(19)9(3)18-7-6-12(8-18,11(20)21)13(14,15)16/h9H,4-8H2,1-3H3,(H,20,21). The number of carboxylic acids is 1. The van der Waals surface area contributed by atoms with Crippen molar-refractivity contribution in [3.8, 4) is 0 Å². The molecule has 0 aromatic carbocycles. The minimum Gasteiger partial charge on any atom is -0.481 e. The molecule has 1 N–H and O–H groups in total. The van der Waals surface area contributed by atoms with Crippen molar-refractivity contribution in [3.05, 3.63) is 0 Å². The van der Waals surface area contributed by atoms with Gasteiger partial charge in [-0.15, -0.1) is 0 Å². The number of hydrogen-bond donors (Lipinski definition) is 1. The van der Waals surface area contributed by atoms with Gasteiger partial charge in [0.2, 0.25) is 5.91 Å². The lowest BCUT2D eigenvalue weighted by molar-refractivity contribution is -0.228. The molecular formula is C13H21F3N2O3. The molecule has 0 aromatic rings. The van der Waals surface area contributed by atoms with Gasteiger partial charge in [-0.2, -0.15) is 13.2 Å². The van der Waals surface area contributed by atoms with Gasteiger partial charge in [-0.25, -0.2) is 0 Å². The highest BCUT2D eigenvalue weighted by molar-refractivity contribution is 5.82. The number of carbonyl (C=O) groups is 2. The second-order valence-electron chi connectivity index (χ2n) is 5.29. The van der Waals surface area contributed by atoms with Crippen LogP contribution in [0.1, 0.15) is 27.2 Å². The molecule has 1 heterocycles. The molecule has 21 heavy (non-hydrogen) atoms. The third kappa shape index (κ3) is 3.14. The van der Waals surface area contributed by atoms with Gasteiger partial charge in [0, 0.05) is 26.2 Å². The molecule has 122 valence electrons. The van der Waals surface area contributed by atoms with Gasteiger partial charge in [0.25, 0.3) is 0 Å². The number of carboxylic acid groups (broad SMARTS) is 1. The molecule has 0 spiro atoms. The Kier molecular flexibility index (Phi) is 5.25. The SMILES string of the molecule is CCN(CC)C(=O)C(C)N1CCC(C(=O)O)(C(F)(F)F)C1. The number of likely N-dealkylation sites (N-methyl/N-ethyl adjacent to an activating group) is 1. The Morgan fingerprint density at radius 3 is 2.19 bits per heavy atom. The zero-order valence-corrected chi connectivity index (χ0v) is 12.4. The number of amides is 1. The van der Waals surface area contributed by atoms with E-state index in [1.165, 1.54) is 16.7 Å². The third-order valence-corrected chi connectivity index (χ3v) is 4.23. The summed E-state index contributed by atoms with van der Waals surface area (Å²) in [6.07, 6.45) is -5.35. The summed E-state index contributed by atoms with van der Waals surface area (Å²) in [6.45, 7) is 5.30. The van der Waals surface area contributed by atoms with Crippen LogP contribution in [0, 0.1) is 5.41 Å². The Morgan fingerprint density at radius 2 is 1.86 bits per heavy atom. The van der Waals surface area contributed by atoms with E-state index in [0.29, 0.717) is 13.1 Å². The van der Waals surface area contributed by atoms with Crippen molar-refractivity contribution in [2.24, 2.45) is 5.41 Å². The maximum Gasteiger partial charge on any atom is 0.406 e. The smallest absolute Gasteiger partial charge is 0.406 e. The zero-order valence-electron chi connectivity index (χ0n) is 12.4. The molecule has 8 heteroatoms. The van der Waals surface area contributed by atoms with Crippen LogP contribution in [-0.2, 0) is 9.59 Å². The summed E-state index contributed by atoms with van der Waals surface area (Å²) in [7, 11) is 0. The Labute approximate surface area is 121 Å². The molecule has 2 atom stereocenters. The third-order valence-electron chi connectivity index (χ3n) is 4.23. The van der Waals surface area contributed by atoms with Crippen LogP contribution in [-0.4, -0.2) is 65.2 Å². The molecule has 0 aromatic heterocycles. The number of likely N-dealkylation sites (tertiary alicyclic amines) is 1. The minimum absolute atomic E-state index is 0.0556. The first-order valence-corrected chi connectivity index (χ1v) is 6.93. The first-order valence-electron chi connectivity index (χ1n) is 6.93. The second-order valence-corrected chi connectivity index (χ2v) is 5.29. The van der Waals surface area contributed by atoms with E-state index in [1.54, 1.807) is 13.8 Å². The lowest BCUT2D eigenvalue weighted by atomic mass is 9.86. The van der Waals surface area contributed by atoms with E-state index < -0.39 is 36.6 Å². The van der Waals surface area contributed by atoms with Crippen molar-refractivity contribution in [3.63, 3.8) is 0 Å². The summed E-state index contributed by atoms with van der Waals surface area (Å²) in [4.78, 5) is 26.1. The van der Waals surface area contributed by atoms with E-state index >= 15 is 0 Å². The highest BCUT2D eigenvalue weighted by Gasteiger charge is 2.64. The van der Waals surface area contributed by atoms with Crippen LogP contribution in [0.15, 0.2) is 0 Å². The lowest BCUT2D eigenvalue weighted by Crippen LogP contribution is -2.51. The maximum absolute atomic E-state index is 13.1. The molecule has 0 aliphatic carbocycles. The van der Waals surface area contributed by atoms with Gasteiger partial charge in [-0.1, -0.05) is 0 Å². The predicted octanol–water partition coefficient (Wildman–Crippen LogP) is 1.58. The number of carbonyl (C=O) groups excluding carboxylic acids is 1. The summed E-state index contributed by atoms with van der Waals surface area (Å²) in [6, 6.07) is -0.756. The number of aliphatic carboxylic acids is 1. The minimum atomic E-state index is -4.83. The molecule has 1 rings (SSSR count). The van der Waals surface area contributed by atoms with Crippen LogP contribution in [0.25, 0.3) is 0 Å². The van der Waals surface area contributed by atoms with Crippen LogP contribution in [0.5, 0.6) is 0 Å². The highest BCUT2D eigenvalue weighted by Crippen LogP contribution is 2.46. The van der Waals surface area contributed by atoms with Gasteiger partial charge >= 0.3 is 12.1 Å². The normalized spacial score (nSPS) is 24.9. The summed E-state index contributed by atoms with van der Waals surface area (Å²) >= 11 is 0. The van der Waals surface area contributed by atoms with Crippen molar-refractivity contribution in [1.82, 2.24) is 9.80 Å². The van der Waals surface area contributed by atoms with E-state index in [1.807, 2.05) is 0 Å². The van der Waals surface area contributed by atoms with Crippen LogP contribution in [0.2, 0.25) is 0 Å². The van der Waals surface area contributed by atoms with Crippen LogP contribution >= 0.6 is 0 Å². The van der Waals surface area contributed by atoms with Crippen LogP contribution in [0.4, 0.5) is 13.2 Å². The number of alkyl halides is 3. The average Bonchev–Trinajstić information content (AvgIpc) is 2.85. The summed E-state index contributed by atoms with van der Waals surface area (Å²) in [5.74, 6) is -2.15. The summed E-state index contributed by atoms with van der Waals surface area (Å²) in [5, 5.41) is 9.00. The summed E-state index contributed by atoms with van der Waals surface area (Å²) < 4.78 is 39.3. The fourth-order valence-electron chi connectivity index (χ4n) is 2.65. The van der Waals surface area contributed by atoms with Gasteiger partial charge in [0.1, 0.15) is 0 Å². The van der Waals surface area contributed by atoms with Gasteiger partial charge < -0.3 is 10.0 Å². The van der Waals surface area contributed by atoms with Gasteiger partial charge in [-0.05, 0) is 27.2 Å². The molecule has 0 radical (unpaired) electrons. The second kappa shape index (κ2) is 6.21.